The summed E-state index contributed by atoms with van der Waals surface area (Å²) >= 11 is 12.4. The number of aryl methyl sites for hydroxylation is 2. The Hall–Kier alpha value is -1.18. The Morgan fingerprint density at radius 1 is 0.947 bits per heavy atom. The highest BCUT2D eigenvalue weighted by Crippen LogP contribution is 2.33. The number of nitrogens with one attached hydrogen (secondary N) is 1. The van der Waals surface area contributed by atoms with E-state index in [-0.39, 0.29) is 6.04 Å². The average molecular weight is 294 g/mol. The number of hydrogen-bond acceptors (Lipinski definition) is 1. The van der Waals surface area contributed by atoms with Crippen molar-refractivity contribution in [3.63, 3.8) is 0 Å². The van der Waals surface area contributed by atoms with Crippen molar-refractivity contribution in [1.29, 1.82) is 0 Å². The Morgan fingerprint density at radius 3 is 2.00 bits per heavy atom. The number of para-hydroxylation sites is 1. The van der Waals surface area contributed by atoms with Gasteiger partial charge in [-0.05, 0) is 38.5 Å². The molecule has 0 saturated heterocycles. The molecule has 0 saturated carbocycles. The third-order valence-electron chi connectivity index (χ3n) is 3.07. The van der Waals surface area contributed by atoms with Crippen molar-refractivity contribution in [2.75, 3.05) is 5.32 Å². The molecule has 0 bridgehead atoms. The van der Waals surface area contributed by atoms with Crippen LogP contribution in [0.2, 0.25) is 10.0 Å². The first-order chi connectivity index (χ1) is 8.97. The minimum Gasteiger partial charge on any atom is -0.376 e. The quantitative estimate of drug-likeness (QED) is 0.756. The van der Waals surface area contributed by atoms with Gasteiger partial charge >= 0.3 is 0 Å². The Kier molecular flexibility index (Phi) is 4.38. The van der Waals surface area contributed by atoms with Gasteiger partial charge < -0.3 is 5.32 Å². The molecule has 0 aliphatic heterocycles. The molecule has 0 amide bonds. The van der Waals surface area contributed by atoms with Crippen LogP contribution in [0.5, 0.6) is 0 Å². The molecule has 1 N–H and O–H groups in total. The Labute approximate surface area is 124 Å². The van der Waals surface area contributed by atoms with Gasteiger partial charge in [-0.2, -0.15) is 0 Å². The fourth-order valence-electron chi connectivity index (χ4n) is 2.20. The van der Waals surface area contributed by atoms with Crippen LogP contribution >= 0.6 is 23.2 Å². The molecule has 0 fully saturated rings. The molecule has 1 unspecified atom stereocenters. The highest BCUT2D eigenvalue weighted by molar-refractivity contribution is 6.39. The Morgan fingerprint density at radius 2 is 1.47 bits per heavy atom. The van der Waals surface area contributed by atoms with E-state index in [0.717, 1.165) is 5.69 Å². The van der Waals surface area contributed by atoms with Crippen LogP contribution in [0, 0.1) is 13.8 Å². The first kappa shape index (κ1) is 14.2. The van der Waals surface area contributed by atoms with Gasteiger partial charge in [0.2, 0.25) is 0 Å². The number of halogens is 2. The lowest BCUT2D eigenvalue weighted by atomic mass is 10.0. The minimum absolute atomic E-state index is 0.149. The maximum atomic E-state index is 6.18. The molecule has 2 rings (SSSR count). The molecule has 0 spiro atoms. The fourth-order valence-corrected chi connectivity index (χ4v) is 2.70. The van der Waals surface area contributed by atoms with Gasteiger partial charge in [0.15, 0.2) is 0 Å². The van der Waals surface area contributed by atoms with Crippen LogP contribution in [0.4, 0.5) is 5.69 Å². The summed E-state index contributed by atoms with van der Waals surface area (Å²) in [5.41, 5.74) is 4.54. The van der Waals surface area contributed by atoms with E-state index in [2.05, 4.69) is 44.3 Å². The molecule has 0 radical (unpaired) electrons. The van der Waals surface area contributed by atoms with Crippen molar-refractivity contribution in [2.45, 2.75) is 26.8 Å². The van der Waals surface area contributed by atoms with Crippen LogP contribution < -0.4 is 5.32 Å². The second kappa shape index (κ2) is 5.85. The lowest BCUT2D eigenvalue weighted by molar-refractivity contribution is 0.881. The van der Waals surface area contributed by atoms with Gasteiger partial charge in [-0.25, -0.2) is 0 Å². The van der Waals surface area contributed by atoms with E-state index in [9.17, 15) is 0 Å². The zero-order chi connectivity index (χ0) is 14.0. The molecular weight excluding hydrogens is 277 g/mol. The standard InChI is InChI=1S/C16H17Cl2N/c1-10-7-11(2)9-13(8-10)12(3)19-16-14(17)5-4-6-15(16)18/h4-9,12,19H,1-3H3. The molecule has 0 aliphatic rings. The number of hydrogen-bond donors (Lipinski definition) is 1. The molecule has 0 aliphatic carbocycles. The molecule has 3 heteroatoms. The zero-order valence-electron chi connectivity index (χ0n) is 11.3. The van der Waals surface area contributed by atoms with Crippen molar-refractivity contribution in [2.24, 2.45) is 0 Å². The highest BCUT2D eigenvalue weighted by Gasteiger charge is 2.11. The summed E-state index contributed by atoms with van der Waals surface area (Å²) < 4.78 is 0. The van der Waals surface area contributed by atoms with Gasteiger partial charge in [0.25, 0.3) is 0 Å². The van der Waals surface area contributed by atoms with Crippen LogP contribution in [0.25, 0.3) is 0 Å². The van der Waals surface area contributed by atoms with E-state index in [1.54, 1.807) is 0 Å². The maximum Gasteiger partial charge on any atom is 0.0723 e. The minimum atomic E-state index is 0.149. The van der Waals surface area contributed by atoms with E-state index >= 15 is 0 Å². The van der Waals surface area contributed by atoms with Gasteiger partial charge in [0, 0.05) is 6.04 Å². The normalized spacial score (nSPS) is 12.3. The van der Waals surface area contributed by atoms with E-state index in [4.69, 9.17) is 23.2 Å². The lowest BCUT2D eigenvalue weighted by Crippen LogP contribution is -2.08. The van der Waals surface area contributed by atoms with E-state index < -0.39 is 0 Å². The van der Waals surface area contributed by atoms with E-state index in [1.165, 1.54) is 16.7 Å². The van der Waals surface area contributed by atoms with Gasteiger partial charge in [-0.15, -0.1) is 0 Å². The van der Waals surface area contributed by atoms with Gasteiger partial charge in [0.05, 0.1) is 15.7 Å². The second-order valence-corrected chi connectivity index (χ2v) is 5.70. The summed E-state index contributed by atoms with van der Waals surface area (Å²) in [6.07, 6.45) is 0. The summed E-state index contributed by atoms with van der Waals surface area (Å²) in [5.74, 6) is 0. The first-order valence-electron chi connectivity index (χ1n) is 6.26. The summed E-state index contributed by atoms with van der Waals surface area (Å²) in [6, 6.07) is 12.2. The monoisotopic (exact) mass is 293 g/mol. The van der Waals surface area contributed by atoms with Crippen molar-refractivity contribution >= 4 is 28.9 Å². The number of benzene rings is 2. The van der Waals surface area contributed by atoms with Crippen molar-refractivity contribution in [1.82, 2.24) is 0 Å². The van der Waals surface area contributed by atoms with E-state index in [0.29, 0.717) is 10.0 Å². The summed E-state index contributed by atoms with van der Waals surface area (Å²) in [4.78, 5) is 0. The Bertz CT molecular complexity index is 553. The van der Waals surface area contributed by atoms with E-state index in [1.807, 2.05) is 18.2 Å². The molecule has 0 aromatic heterocycles. The van der Waals surface area contributed by atoms with Crippen LogP contribution in [-0.2, 0) is 0 Å². The van der Waals surface area contributed by atoms with Gasteiger partial charge in [-0.1, -0.05) is 58.6 Å². The summed E-state index contributed by atoms with van der Waals surface area (Å²) in [6.45, 7) is 6.31. The smallest absolute Gasteiger partial charge is 0.0723 e. The molecule has 2 aromatic carbocycles. The number of rotatable bonds is 3. The van der Waals surface area contributed by atoms with Crippen molar-refractivity contribution < 1.29 is 0 Å². The fraction of sp³-hybridized carbons (Fsp3) is 0.250. The Balaban J connectivity index is 2.28. The molecular formula is C16H17Cl2N. The topological polar surface area (TPSA) is 12.0 Å². The van der Waals surface area contributed by atoms with Crippen LogP contribution in [-0.4, -0.2) is 0 Å². The SMILES string of the molecule is Cc1cc(C)cc(C(C)Nc2c(Cl)cccc2Cl)c1. The predicted octanol–water partition coefficient (Wildman–Crippen LogP) is 5.78. The van der Waals surface area contributed by atoms with Crippen molar-refractivity contribution in [3.8, 4) is 0 Å². The van der Waals surface area contributed by atoms with Gasteiger partial charge in [-0.3, -0.25) is 0 Å². The second-order valence-electron chi connectivity index (χ2n) is 4.88. The average Bonchev–Trinajstić information content (AvgIpc) is 2.32. The maximum absolute atomic E-state index is 6.18. The summed E-state index contributed by atoms with van der Waals surface area (Å²) in [5, 5.41) is 4.67. The van der Waals surface area contributed by atoms with Crippen molar-refractivity contribution in [3.05, 3.63) is 63.1 Å². The summed E-state index contributed by atoms with van der Waals surface area (Å²) in [7, 11) is 0. The molecule has 1 atom stereocenters. The lowest BCUT2D eigenvalue weighted by Gasteiger charge is -2.19. The van der Waals surface area contributed by atoms with Crippen LogP contribution in [0.15, 0.2) is 36.4 Å². The first-order valence-corrected chi connectivity index (χ1v) is 7.01. The molecule has 19 heavy (non-hydrogen) atoms. The van der Waals surface area contributed by atoms with Gasteiger partial charge in [0.1, 0.15) is 0 Å². The number of anilines is 1. The molecule has 2 aromatic rings. The highest BCUT2D eigenvalue weighted by atomic mass is 35.5. The molecule has 1 nitrogen and oxygen atoms in total. The zero-order valence-corrected chi connectivity index (χ0v) is 12.8. The third kappa shape index (κ3) is 3.43. The van der Waals surface area contributed by atoms with Crippen LogP contribution in [0.3, 0.4) is 0 Å². The predicted molar refractivity (Wildman–Crippen MR) is 84.4 cm³/mol. The third-order valence-corrected chi connectivity index (χ3v) is 3.70. The molecule has 0 heterocycles. The largest absolute Gasteiger partial charge is 0.376 e. The molecule has 100 valence electrons. The van der Waals surface area contributed by atoms with Crippen LogP contribution in [0.1, 0.15) is 29.7 Å².